The van der Waals surface area contributed by atoms with Crippen LogP contribution in [0.1, 0.15) is 54.1 Å². The van der Waals surface area contributed by atoms with Gasteiger partial charge in [-0.05, 0) is 74.1 Å². The first kappa shape index (κ1) is 23.7. The van der Waals surface area contributed by atoms with Gasteiger partial charge < -0.3 is 15.4 Å². The van der Waals surface area contributed by atoms with Crippen LogP contribution in [0.15, 0.2) is 54.6 Å². The Morgan fingerprint density at radius 1 is 1.00 bits per heavy atom. The smallest absolute Gasteiger partial charge is 0.330 e. The van der Waals surface area contributed by atoms with Crippen LogP contribution in [0.2, 0.25) is 0 Å². The maximum absolute atomic E-state index is 12.7. The van der Waals surface area contributed by atoms with Crippen LogP contribution in [-0.4, -0.2) is 47.9 Å². The number of ether oxygens (including phenoxy) is 1. The molecule has 0 aliphatic heterocycles. The van der Waals surface area contributed by atoms with E-state index in [0.717, 1.165) is 36.8 Å². The van der Waals surface area contributed by atoms with Gasteiger partial charge in [-0.3, -0.25) is 14.5 Å². The van der Waals surface area contributed by atoms with Crippen molar-refractivity contribution in [3.05, 3.63) is 71.3 Å². The Hall–Kier alpha value is -3.45. The maximum Gasteiger partial charge on any atom is 0.330 e. The van der Waals surface area contributed by atoms with Gasteiger partial charge in [-0.15, -0.1) is 0 Å². The van der Waals surface area contributed by atoms with Crippen LogP contribution in [0.25, 0.3) is 6.08 Å². The van der Waals surface area contributed by atoms with Gasteiger partial charge in [-0.25, -0.2) is 4.79 Å². The van der Waals surface area contributed by atoms with Crippen LogP contribution >= 0.6 is 0 Å². The molecular formula is C27H31N3O4. The molecule has 0 unspecified atom stereocenters. The van der Waals surface area contributed by atoms with Crippen LogP contribution in [-0.2, 0) is 20.9 Å². The van der Waals surface area contributed by atoms with Crippen molar-refractivity contribution in [2.24, 2.45) is 0 Å². The van der Waals surface area contributed by atoms with Gasteiger partial charge >= 0.3 is 5.97 Å². The van der Waals surface area contributed by atoms with E-state index in [4.69, 9.17) is 4.74 Å². The molecule has 2 aliphatic rings. The summed E-state index contributed by atoms with van der Waals surface area (Å²) in [6.07, 6.45) is 7.39. The molecule has 7 heteroatoms. The molecule has 34 heavy (non-hydrogen) atoms. The largest absolute Gasteiger partial charge is 0.463 e. The van der Waals surface area contributed by atoms with Crippen LogP contribution in [0.5, 0.6) is 0 Å². The monoisotopic (exact) mass is 461 g/mol. The average Bonchev–Trinajstić information content (AvgIpc) is 3.74. The molecule has 2 saturated carbocycles. The SMILES string of the molecule is CCOC(=O)/C=C/c1ccc(NC(=O)CN(Cc2ccc(C(=O)NC3CC3)cc2)C2CC2)cc1. The highest BCUT2D eigenvalue weighted by atomic mass is 16.5. The fourth-order valence-corrected chi connectivity index (χ4v) is 3.66. The first-order valence-corrected chi connectivity index (χ1v) is 11.9. The molecule has 0 saturated heterocycles. The lowest BCUT2D eigenvalue weighted by Gasteiger charge is -2.21. The van der Waals surface area contributed by atoms with Gasteiger partial charge in [0.15, 0.2) is 0 Å². The Morgan fingerprint density at radius 2 is 1.71 bits per heavy atom. The van der Waals surface area contributed by atoms with Crippen molar-refractivity contribution in [1.29, 1.82) is 0 Å². The lowest BCUT2D eigenvalue weighted by atomic mass is 10.1. The van der Waals surface area contributed by atoms with E-state index in [1.165, 1.54) is 6.08 Å². The molecule has 178 valence electrons. The third kappa shape index (κ3) is 7.28. The second kappa shape index (κ2) is 11.1. The van der Waals surface area contributed by atoms with E-state index in [1.54, 1.807) is 13.0 Å². The summed E-state index contributed by atoms with van der Waals surface area (Å²) in [5.74, 6) is -0.465. The number of nitrogens with one attached hydrogen (secondary N) is 2. The third-order valence-corrected chi connectivity index (χ3v) is 5.82. The number of anilines is 1. The Labute approximate surface area is 200 Å². The van der Waals surface area contributed by atoms with E-state index in [2.05, 4.69) is 15.5 Å². The summed E-state index contributed by atoms with van der Waals surface area (Å²) >= 11 is 0. The number of rotatable bonds is 11. The highest BCUT2D eigenvalue weighted by Gasteiger charge is 2.30. The zero-order valence-corrected chi connectivity index (χ0v) is 19.5. The summed E-state index contributed by atoms with van der Waals surface area (Å²) in [4.78, 5) is 38.5. The zero-order valence-electron chi connectivity index (χ0n) is 19.5. The molecule has 2 fully saturated rings. The number of amides is 2. The van der Waals surface area contributed by atoms with E-state index in [0.29, 0.717) is 43.0 Å². The maximum atomic E-state index is 12.7. The molecule has 0 bridgehead atoms. The molecule has 2 amide bonds. The summed E-state index contributed by atoms with van der Waals surface area (Å²) < 4.78 is 4.87. The second-order valence-electron chi connectivity index (χ2n) is 8.84. The number of esters is 1. The first-order valence-electron chi connectivity index (χ1n) is 11.9. The minimum Gasteiger partial charge on any atom is -0.463 e. The van der Waals surface area contributed by atoms with E-state index in [9.17, 15) is 14.4 Å². The molecule has 0 heterocycles. The lowest BCUT2D eigenvalue weighted by molar-refractivity contribution is -0.137. The predicted octanol–water partition coefficient (Wildman–Crippen LogP) is 3.76. The minimum atomic E-state index is -0.379. The zero-order chi connectivity index (χ0) is 23.9. The van der Waals surface area contributed by atoms with E-state index in [1.807, 2.05) is 48.5 Å². The second-order valence-corrected chi connectivity index (χ2v) is 8.84. The molecule has 0 spiro atoms. The fourth-order valence-electron chi connectivity index (χ4n) is 3.66. The normalized spacial score (nSPS) is 15.4. The summed E-state index contributed by atoms with van der Waals surface area (Å²) in [6, 6.07) is 15.7. The number of carbonyl (C=O) groups excluding carboxylic acids is 3. The summed E-state index contributed by atoms with van der Waals surface area (Å²) in [6.45, 7) is 3.08. The van der Waals surface area contributed by atoms with Crippen LogP contribution < -0.4 is 10.6 Å². The topological polar surface area (TPSA) is 87.7 Å². The van der Waals surface area contributed by atoms with Crippen molar-refractivity contribution in [2.45, 2.75) is 51.2 Å². The van der Waals surface area contributed by atoms with Crippen LogP contribution in [0.4, 0.5) is 5.69 Å². The molecule has 7 nitrogen and oxygen atoms in total. The van der Waals surface area contributed by atoms with Crippen molar-refractivity contribution in [2.75, 3.05) is 18.5 Å². The van der Waals surface area contributed by atoms with Crippen molar-refractivity contribution in [3.8, 4) is 0 Å². The Kier molecular flexibility index (Phi) is 7.75. The van der Waals surface area contributed by atoms with E-state index in [-0.39, 0.29) is 17.8 Å². The fraction of sp³-hybridized carbons (Fsp3) is 0.370. The number of benzene rings is 2. The molecule has 0 atom stereocenters. The average molecular weight is 462 g/mol. The number of hydrogen-bond acceptors (Lipinski definition) is 5. The highest BCUT2D eigenvalue weighted by Crippen LogP contribution is 2.28. The van der Waals surface area contributed by atoms with E-state index < -0.39 is 0 Å². The molecule has 4 rings (SSSR count). The van der Waals surface area contributed by atoms with Crippen molar-refractivity contribution in [3.63, 3.8) is 0 Å². The molecule has 2 N–H and O–H groups in total. The van der Waals surface area contributed by atoms with Crippen LogP contribution in [0, 0.1) is 0 Å². The number of hydrogen-bond donors (Lipinski definition) is 2. The van der Waals surface area contributed by atoms with Gasteiger partial charge in [-0.1, -0.05) is 24.3 Å². The molecule has 2 aromatic carbocycles. The van der Waals surface area contributed by atoms with Gasteiger partial charge in [0.2, 0.25) is 5.91 Å². The standard InChI is InChI=1S/C27H31N3O4/c1-2-34-26(32)16-7-19-5-10-22(11-6-19)28-25(31)18-30(24-14-15-24)17-20-3-8-21(9-4-20)27(33)29-23-12-13-23/h3-11,16,23-24H,2,12-15,17-18H2,1H3,(H,28,31)(H,29,33)/b16-7+. The molecule has 2 aliphatic carbocycles. The molecule has 0 radical (unpaired) electrons. The van der Waals surface area contributed by atoms with Crippen molar-refractivity contribution in [1.82, 2.24) is 10.2 Å². The summed E-state index contributed by atoms with van der Waals surface area (Å²) in [7, 11) is 0. The summed E-state index contributed by atoms with van der Waals surface area (Å²) in [5.41, 5.74) is 3.31. The first-order chi connectivity index (χ1) is 16.5. The Morgan fingerprint density at radius 3 is 2.32 bits per heavy atom. The summed E-state index contributed by atoms with van der Waals surface area (Å²) in [5, 5.41) is 5.95. The Bertz CT molecular complexity index is 1040. The van der Waals surface area contributed by atoms with E-state index >= 15 is 0 Å². The predicted molar refractivity (Wildman–Crippen MR) is 131 cm³/mol. The molecular weight excluding hydrogens is 430 g/mol. The van der Waals surface area contributed by atoms with Crippen LogP contribution in [0.3, 0.4) is 0 Å². The lowest BCUT2D eigenvalue weighted by Crippen LogP contribution is -2.34. The number of carbonyl (C=O) groups is 3. The number of nitrogens with zero attached hydrogens (tertiary/aromatic N) is 1. The van der Waals surface area contributed by atoms with Crippen molar-refractivity contribution < 1.29 is 19.1 Å². The van der Waals surface area contributed by atoms with Gasteiger partial charge in [-0.2, -0.15) is 0 Å². The molecule has 2 aromatic rings. The Balaban J connectivity index is 1.28. The minimum absolute atomic E-state index is 0.0186. The van der Waals surface area contributed by atoms with Gasteiger partial charge in [0.05, 0.1) is 13.2 Å². The van der Waals surface area contributed by atoms with Gasteiger partial charge in [0.1, 0.15) is 0 Å². The molecule has 0 aromatic heterocycles. The quantitative estimate of drug-likeness (QED) is 0.393. The van der Waals surface area contributed by atoms with Crippen molar-refractivity contribution >= 4 is 29.5 Å². The third-order valence-electron chi connectivity index (χ3n) is 5.82. The van der Waals surface area contributed by atoms with Gasteiger partial charge in [0.25, 0.3) is 5.91 Å². The van der Waals surface area contributed by atoms with Gasteiger partial charge in [0, 0.05) is 36.0 Å². The highest BCUT2D eigenvalue weighted by molar-refractivity contribution is 5.94.